The monoisotopic (exact) mass is 302 g/mol. The van der Waals surface area contributed by atoms with Gasteiger partial charge in [-0.3, -0.25) is 0 Å². The fraction of sp³-hybridized carbons (Fsp3) is 0.154. The third-order valence-corrected chi connectivity index (χ3v) is 3.48. The number of thiophene rings is 1. The van der Waals surface area contributed by atoms with Gasteiger partial charge in [-0.1, -0.05) is 6.07 Å². The Morgan fingerprint density at radius 2 is 1.95 bits per heavy atom. The average Bonchev–Trinajstić information content (AvgIpc) is 2.75. The van der Waals surface area contributed by atoms with Gasteiger partial charge >= 0.3 is 12.3 Å². The molecule has 7 heteroatoms. The average molecular weight is 302 g/mol. The second kappa shape index (κ2) is 5.16. The zero-order chi connectivity index (χ0) is 14.9. The predicted octanol–water partition coefficient (Wildman–Crippen LogP) is 4.32. The van der Waals surface area contributed by atoms with E-state index in [0.29, 0.717) is 16.7 Å². The van der Waals surface area contributed by atoms with E-state index < -0.39 is 12.3 Å². The molecule has 0 bridgehead atoms. The van der Waals surface area contributed by atoms with Crippen LogP contribution in [-0.4, -0.2) is 17.4 Å². The van der Waals surface area contributed by atoms with Gasteiger partial charge in [0.25, 0.3) is 0 Å². The van der Waals surface area contributed by atoms with Crippen molar-refractivity contribution in [2.24, 2.45) is 0 Å². The summed E-state index contributed by atoms with van der Waals surface area (Å²) in [7, 11) is 0. The third-order valence-electron chi connectivity index (χ3n) is 2.58. The lowest BCUT2D eigenvalue weighted by Gasteiger charge is -2.11. The summed E-state index contributed by atoms with van der Waals surface area (Å²) in [5, 5.41) is 10.7. The molecule has 1 heterocycles. The van der Waals surface area contributed by atoms with Crippen LogP contribution in [0.5, 0.6) is 5.75 Å². The van der Waals surface area contributed by atoms with Crippen LogP contribution >= 0.6 is 11.3 Å². The molecule has 3 nitrogen and oxygen atoms in total. The van der Waals surface area contributed by atoms with Crippen LogP contribution in [0.4, 0.5) is 13.2 Å². The van der Waals surface area contributed by atoms with Crippen LogP contribution in [0.15, 0.2) is 29.6 Å². The number of carboxylic acid groups (broad SMARTS) is 1. The highest BCUT2D eigenvalue weighted by atomic mass is 32.1. The Morgan fingerprint density at radius 3 is 2.50 bits per heavy atom. The van der Waals surface area contributed by atoms with Gasteiger partial charge in [0.2, 0.25) is 0 Å². The zero-order valence-electron chi connectivity index (χ0n) is 10.2. The molecule has 1 N–H and O–H groups in total. The molecule has 0 amide bonds. The molecule has 0 aliphatic rings. The fourth-order valence-corrected chi connectivity index (χ4v) is 2.57. The summed E-state index contributed by atoms with van der Waals surface area (Å²) in [6, 6.07) is 5.44. The summed E-state index contributed by atoms with van der Waals surface area (Å²) in [6.45, 7) is 1.60. The molecule has 1 aromatic heterocycles. The third kappa shape index (κ3) is 3.11. The molecular formula is C13H9F3O3S. The molecule has 0 saturated carbocycles. The van der Waals surface area contributed by atoms with Gasteiger partial charge in [0.1, 0.15) is 10.6 Å². The van der Waals surface area contributed by atoms with Crippen LogP contribution in [0.25, 0.3) is 11.1 Å². The number of rotatable bonds is 3. The lowest BCUT2D eigenvalue weighted by Crippen LogP contribution is -2.17. The van der Waals surface area contributed by atoms with Gasteiger partial charge in [-0.05, 0) is 41.6 Å². The van der Waals surface area contributed by atoms with Crippen molar-refractivity contribution >= 4 is 17.3 Å². The van der Waals surface area contributed by atoms with E-state index in [1.165, 1.54) is 18.2 Å². The quantitative estimate of drug-likeness (QED) is 0.918. The number of aryl methyl sites for hydroxylation is 1. The fourth-order valence-electron chi connectivity index (χ4n) is 1.82. The number of hydrogen-bond acceptors (Lipinski definition) is 3. The smallest absolute Gasteiger partial charge is 0.477 e. The summed E-state index contributed by atoms with van der Waals surface area (Å²) in [4.78, 5) is 11.2. The summed E-state index contributed by atoms with van der Waals surface area (Å²) in [5.41, 5.74) is 1.56. The first kappa shape index (κ1) is 14.4. The van der Waals surface area contributed by atoms with Crippen LogP contribution in [0, 0.1) is 6.92 Å². The maximum Gasteiger partial charge on any atom is 0.573 e. The van der Waals surface area contributed by atoms with Crippen molar-refractivity contribution in [3.8, 4) is 16.9 Å². The van der Waals surface area contributed by atoms with Gasteiger partial charge in [0.15, 0.2) is 0 Å². The Balaban J connectivity index is 2.39. The van der Waals surface area contributed by atoms with Crippen molar-refractivity contribution in [1.82, 2.24) is 0 Å². The first-order chi connectivity index (χ1) is 9.28. The number of hydrogen-bond donors (Lipinski definition) is 1. The first-order valence-corrected chi connectivity index (χ1v) is 6.33. The molecule has 20 heavy (non-hydrogen) atoms. The van der Waals surface area contributed by atoms with Gasteiger partial charge in [-0.15, -0.1) is 24.5 Å². The second-order valence-corrected chi connectivity index (χ2v) is 4.91. The number of aromatic carboxylic acids is 1. The number of benzene rings is 1. The number of halogens is 3. The van der Waals surface area contributed by atoms with Crippen molar-refractivity contribution < 1.29 is 27.8 Å². The highest BCUT2D eigenvalue weighted by Crippen LogP contribution is 2.33. The SMILES string of the molecule is Cc1cc(OC(F)(F)F)ccc1-c1ccsc1C(=O)O. The summed E-state index contributed by atoms with van der Waals surface area (Å²) in [5.74, 6) is -1.39. The molecule has 0 unspecified atom stereocenters. The predicted molar refractivity (Wildman–Crippen MR) is 68.1 cm³/mol. The van der Waals surface area contributed by atoms with Crippen LogP contribution < -0.4 is 4.74 Å². The van der Waals surface area contributed by atoms with Crippen LogP contribution in [0.2, 0.25) is 0 Å². The van der Waals surface area contributed by atoms with E-state index in [2.05, 4.69) is 4.74 Å². The molecule has 0 radical (unpaired) electrons. The van der Waals surface area contributed by atoms with Crippen molar-refractivity contribution in [3.05, 3.63) is 40.1 Å². The van der Waals surface area contributed by atoms with Crippen molar-refractivity contribution in [1.29, 1.82) is 0 Å². The van der Waals surface area contributed by atoms with Crippen LogP contribution in [0.3, 0.4) is 0 Å². The lowest BCUT2D eigenvalue weighted by molar-refractivity contribution is -0.274. The van der Waals surface area contributed by atoms with Gasteiger partial charge in [0, 0.05) is 5.56 Å². The van der Waals surface area contributed by atoms with Crippen molar-refractivity contribution in [3.63, 3.8) is 0 Å². The lowest BCUT2D eigenvalue weighted by atomic mass is 10.0. The molecule has 0 saturated heterocycles. The van der Waals surface area contributed by atoms with Gasteiger partial charge in [0.05, 0.1) is 0 Å². The molecule has 0 spiro atoms. The Kier molecular flexibility index (Phi) is 3.71. The molecule has 2 aromatic rings. The first-order valence-electron chi connectivity index (χ1n) is 5.45. The van der Waals surface area contributed by atoms with E-state index in [-0.39, 0.29) is 10.6 Å². The van der Waals surface area contributed by atoms with Gasteiger partial charge < -0.3 is 9.84 Å². The minimum Gasteiger partial charge on any atom is -0.477 e. The van der Waals surface area contributed by atoms with E-state index in [4.69, 9.17) is 5.11 Å². The second-order valence-electron chi connectivity index (χ2n) is 3.99. The maximum atomic E-state index is 12.1. The topological polar surface area (TPSA) is 46.5 Å². The van der Waals surface area contributed by atoms with Crippen LogP contribution in [-0.2, 0) is 0 Å². The highest BCUT2D eigenvalue weighted by Gasteiger charge is 2.31. The normalized spacial score (nSPS) is 11.4. The summed E-state index contributed by atoms with van der Waals surface area (Å²) >= 11 is 1.06. The molecule has 0 atom stereocenters. The zero-order valence-corrected chi connectivity index (χ0v) is 11.0. The summed E-state index contributed by atoms with van der Waals surface area (Å²) < 4.78 is 40.2. The molecular weight excluding hydrogens is 293 g/mol. The number of carboxylic acids is 1. The van der Waals surface area contributed by atoms with Gasteiger partial charge in [-0.25, -0.2) is 4.79 Å². The van der Waals surface area contributed by atoms with E-state index in [9.17, 15) is 18.0 Å². The van der Waals surface area contributed by atoms with E-state index in [1.807, 2.05) is 0 Å². The highest BCUT2D eigenvalue weighted by molar-refractivity contribution is 7.12. The molecule has 0 aliphatic carbocycles. The van der Waals surface area contributed by atoms with E-state index in [0.717, 1.165) is 11.3 Å². The van der Waals surface area contributed by atoms with Crippen molar-refractivity contribution in [2.75, 3.05) is 0 Å². The van der Waals surface area contributed by atoms with E-state index >= 15 is 0 Å². The number of ether oxygens (including phenoxy) is 1. The number of carbonyl (C=O) groups is 1. The standard InChI is InChI=1S/C13H9F3O3S/c1-7-6-8(19-13(14,15)16)2-3-9(7)10-4-5-20-11(10)12(17)18/h2-6H,1H3,(H,17,18). The van der Waals surface area contributed by atoms with Crippen LogP contribution in [0.1, 0.15) is 15.2 Å². The molecule has 0 aliphatic heterocycles. The largest absolute Gasteiger partial charge is 0.573 e. The minimum atomic E-state index is -4.75. The van der Waals surface area contributed by atoms with E-state index in [1.54, 1.807) is 18.4 Å². The Hall–Kier alpha value is -2.02. The van der Waals surface area contributed by atoms with Gasteiger partial charge in [-0.2, -0.15) is 0 Å². The summed E-state index contributed by atoms with van der Waals surface area (Å²) in [6.07, 6.45) is -4.75. The molecule has 0 fully saturated rings. The minimum absolute atomic E-state index is 0.151. The molecule has 1 aromatic carbocycles. The Bertz CT molecular complexity index is 647. The number of alkyl halides is 3. The maximum absolute atomic E-state index is 12.1. The van der Waals surface area contributed by atoms with Crippen molar-refractivity contribution in [2.45, 2.75) is 13.3 Å². The Labute approximate surface area is 116 Å². The molecule has 2 rings (SSSR count). The molecule has 106 valence electrons. The Morgan fingerprint density at radius 1 is 1.25 bits per heavy atom.